The van der Waals surface area contributed by atoms with Gasteiger partial charge in [-0.15, -0.1) is 0 Å². The number of nitrogens with zero attached hydrogens (tertiary/aromatic N) is 6. The Balaban J connectivity index is 1.47. The number of aliphatic hydroxyl groups is 1. The second-order valence-corrected chi connectivity index (χ2v) is 6.79. The molecule has 0 amide bonds. The molecule has 0 unspecified atom stereocenters. The van der Waals surface area contributed by atoms with Crippen LogP contribution >= 0.6 is 0 Å². The van der Waals surface area contributed by atoms with Crippen molar-refractivity contribution in [1.29, 1.82) is 0 Å². The molecule has 0 saturated carbocycles. The average molecular weight is 352 g/mol. The summed E-state index contributed by atoms with van der Waals surface area (Å²) in [5, 5.41) is 19.3. The third kappa shape index (κ3) is 3.27. The molecule has 26 heavy (non-hydrogen) atoms. The van der Waals surface area contributed by atoms with Crippen LogP contribution in [-0.4, -0.2) is 41.1 Å². The van der Waals surface area contributed by atoms with Crippen LogP contribution in [0.4, 0.5) is 0 Å². The second kappa shape index (κ2) is 7.01. The van der Waals surface area contributed by atoms with Crippen molar-refractivity contribution >= 4 is 0 Å². The molecule has 7 heteroatoms. The van der Waals surface area contributed by atoms with Crippen molar-refractivity contribution in [2.24, 2.45) is 7.05 Å². The van der Waals surface area contributed by atoms with Crippen LogP contribution in [-0.2, 0) is 33.1 Å². The highest BCUT2D eigenvalue weighted by Gasteiger charge is 2.23. The summed E-state index contributed by atoms with van der Waals surface area (Å²) >= 11 is 0. The summed E-state index contributed by atoms with van der Waals surface area (Å²) in [4.78, 5) is 6.93. The first-order valence-electron chi connectivity index (χ1n) is 9.02. The maximum Gasteiger partial charge on any atom is 0.139 e. The van der Waals surface area contributed by atoms with Crippen molar-refractivity contribution in [2.45, 2.75) is 39.1 Å². The highest BCUT2D eigenvalue weighted by Crippen LogP contribution is 2.23. The summed E-state index contributed by atoms with van der Waals surface area (Å²) in [5.74, 6) is 0. The SMILES string of the molecule is CCc1ccc(CN2CCn3nc([C@@H](O)c4ccnn4C)cc3C2)nc1. The van der Waals surface area contributed by atoms with Gasteiger partial charge in [-0.25, -0.2) is 0 Å². The van der Waals surface area contributed by atoms with Crippen LogP contribution in [0.2, 0.25) is 0 Å². The van der Waals surface area contributed by atoms with E-state index in [1.54, 1.807) is 10.9 Å². The molecule has 1 aliphatic rings. The van der Waals surface area contributed by atoms with Crippen molar-refractivity contribution in [3.05, 3.63) is 65.0 Å². The smallest absolute Gasteiger partial charge is 0.139 e. The van der Waals surface area contributed by atoms with Gasteiger partial charge in [0.2, 0.25) is 0 Å². The molecule has 4 heterocycles. The molecule has 136 valence electrons. The molecule has 0 bridgehead atoms. The summed E-state index contributed by atoms with van der Waals surface area (Å²) in [7, 11) is 1.83. The fraction of sp³-hybridized carbons (Fsp3) is 0.421. The van der Waals surface area contributed by atoms with Crippen molar-refractivity contribution in [1.82, 2.24) is 29.4 Å². The molecule has 1 N–H and O–H groups in total. The Labute approximate surface area is 152 Å². The number of fused-ring (bicyclic) bond motifs is 1. The summed E-state index contributed by atoms with van der Waals surface area (Å²) < 4.78 is 3.68. The van der Waals surface area contributed by atoms with Gasteiger partial charge in [-0.05, 0) is 30.2 Å². The predicted octanol–water partition coefficient (Wildman–Crippen LogP) is 1.67. The minimum Gasteiger partial charge on any atom is -0.380 e. The molecule has 1 aliphatic heterocycles. The van der Waals surface area contributed by atoms with Gasteiger partial charge in [-0.3, -0.25) is 19.2 Å². The average Bonchev–Trinajstić information content (AvgIpc) is 3.27. The molecule has 0 spiro atoms. The van der Waals surface area contributed by atoms with Gasteiger partial charge in [0, 0.05) is 39.1 Å². The Hall–Kier alpha value is -2.51. The Morgan fingerprint density at radius 1 is 1.23 bits per heavy atom. The molecule has 0 saturated heterocycles. The quantitative estimate of drug-likeness (QED) is 0.756. The van der Waals surface area contributed by atoms with Crippen molar-refractivity contribution < 1.29 is 5.11 Å². The maximum absolute atomic E-state index is 10.6. The standard InChI is InChI=1S/C19H24N6O/c1-3-14-4-5-15(20-11-14)12-24-8-9-25-16(13-24)10-17(22-25)19(26)18-6-7-21-23(18)2/h4-7,10-11,19,26H,3,8-9,12-13H2,1-2H3/t19-/m1/s1. The first kappa shape index (κ1) is 16.9. The minimum atomic E-state index is -0.752. The molecule has 0 radical (unpaired) electrons. The molecular formula is C19H24N6O. The normalized spacial score (nSPS) is 15.8. The van der Waals surface area contributed by atoms with Gasteiger partial charge < -0.3 is 5.11 Å². The first-order chi connectivity index (χ1) is 12.6. The van der Waals surface area contributed by atoms with E-state index >= 15 is 0 Å². The van der Waals surface area contributed by atoms with Gasteiger partial charge in [0.05, 0.1) is 29.3 Å². The van der Waals surface area contributed by atoms with Crippen LogP contribution in [0, 0.1) is 0 Å². The van der Waals surface area contributed by atoms with E-state index in [1.807, 2.05) is 30.1 Å². The van der Waals surface area contributed by atoms with Gasteiger partial charge >= 0.3 is 0 Å². The molecule has 4 rings (SSSR count). The van der Waals surface area contributed by atoms with E-state index in [4.69, 9.17) is 0 Å². The Morgan fingerprint density at radius 2 is 2.12 bits per heavy atom. The lowest BCUT2D eigenvalue weighted by Gasteiger charge is -2.27. The maximum atomic E-state index is 10.6. The van der Waals surface area contributed by atoms with Crippen molar-refractivity contribution in [3.8, 4) is 0 Å². The topological polar surface area (TPSA) is 72.0 Å². The largest absolute Gasteiger partial charge is 0.380 e. The second-order valence-electron chi connectivity index (χ2n) is 6.79. The molecule has 1 atom stereocenters. The van der Waals surface area contributed by atoms with Gasteiger partial charge in [-0.1, -0.05) is 13.0 Å². The fourth-order valence-electron chi connectivity index (χ4n) is 3.40. The van der Waals surface area contributed by atoms with E-state index in [9.17, 15) is 5.11 Å². The van der Waals surface area contributed by atoms with Crippen LogP contribution in [0.1, 0.15) is 41.4 Å². The van der Waals surface area contributed by atoms with Gasteiger partial charge in [0.1, 0.15) is 6.10 Å². The summed E-state index contributed by atoms with van der Waals surface area (Å²) in [6.07, 6.45) is 3.91. The third-order valence-corrected chi connectivity index (χ3v) is 4.99. The van der Waals surface area contributed by atoms with Crippen LogP contribution in [0.25, 0.3) is 0 Å². The lowest BCUT2D eigenvalue weighted by atomic mass is 10.1. The van der Waals surface area contributed by atoms with Crippen molar-refractivity contribution in [2.75, 3.05) is 6.54 Å². The molecule has 0 aromatic carbocycles. The van der Waals surface area contributed by atoms with E-state index < -0.39 is 6.10 Å². The van der Waals surface area contributed by atoms with E-state index in [0.29, 0.717) is 5.69 Å². The van der Waals surface area contributed by atoms with Crippen LogP contribution in [0.5, 0.6) is 0 Å². The summed E-state index contributed by atoms with van der Waals surface area (Å²) in [6, 6.07) is 8.08. The number of hydrogen-bond acceptors (Lipinski definition) is 5. The lowest BCUT2D eigenvalue weighted by Crippen LogP contribution is -2.33. The van der Waals surface area contributed by atoms with E-state index in [0.717, 1.165) is 49.7 Å². The zero-order chi connectivity index (χ0) is 18.1. The molecule has 7 nitrogen and oxygen atoms in total. The van der Waals surface area contributed by atoms with Gasteiger partial charge in [-0.2, -0.15) is 10.2 Å². The Bertz CT molecular complexity index is 882. The van der Waals surface area contributed by atoms with E-state index in [2.05, 4.69) is 39.1 Å². The van der Waals surface area contributed by atoms with E-state index in [1.165, 1.54) is 5.56 Å². The van der Waals surface area contributed by atoms with Crippen LogP contribution in [0.15, 0.2) is 36.7 Å². The number of aliphatic hydroxyl groups excluding tert-OH is 1. The molecule has 3 aromatic rings. The van der Waals surface area contributed by atoms with Gasteiger partial charge in [0.25, 0.3) is 0 Å². The number of aromatic nitrogens is 5. The molecule has 0 aliphatic carbocycles. The molecular weight excluding hydrogens is 328 g/mol. The molecule has 3 aromatic heterocycles. The monoisotopic (exact) mass is 352 g/mol. The Kier molecular flexibility index (Phi) is 4.57. The Morgan fingerprint density at radius 3 is 2.81 bits per heavy atom. The van der Waals surface area contributed by atoms with Crippen LogP contribution < -0.4 is 0 Å². The number of pyridine rings is 1. The number of hydrogen-bond donors (Lipinski definition) is 1. The summed E-state index contributed by atoms with van der Waals surface area (Å²) in [5.41, 5.74) is 4.90. The number of rotatable bonds is 5. The number of aryl methyl sites for hydroxylation is 2. The molecule has 0 fully saturated rings. The third-order valence-electron chi connectivity index (χ3n) is 4.99. The highest BCUT2D eigenvalue weighted by molar-refractivity contribution is 5.22. The van der Waals surface area contributed by atoms with E-state index in [-0.39, 0.29) is 0 Å². The zero-order valence-corrected chi connectivity index (χ0v) is 15.2. The minimum absolute atomic E-state index is 0.677. The fourth-order valence-corrected chi connectivity index (χ4v) is 3.40. The first-order valence-corrected chi connectivity index (χ1v) is 9.02. The lowest BCUT2D eigenvalue weighted by molar-refractivity contribution is 0.195. The predicted molar refractivity (Wildman–Crippen MR) is 97.2 cm³/mol. The summed E-state index contributed by atoms with van der Waals surface area (Å²) in [6.45, 7) is 5.52. The zero-order valence-electron chi connectivity index (χ0n) is 15.2. The van der Waals surface area contributed by atoms with Crippen molar-refractivity contribution in [3.63, 3.8) is 0 Å². The van der Waals surface area contributed by atoms with Gasteiger partial charge in [0.15, 0.2) is 0 Å². The van der Waals surface area contributed by atoms with Crippen LogP contribution in [0.3, 0.4) is 0 Å². The highest BCUT2D eigenvalue weighted by atomic mass is 16.3.